The number of nitrogens with one attached hydrogen (secondary N) is 1. The van der Waals surface area contributed by atoms with E-state index in [1.165, 1.54) is 0 Å². The highest BCUT2D eigenvalue weighted by molar-refractivity contribution is 9.10. The zero-order valence-corrected chi connectivity index (χ0v) is 18.3. The van der Waals surface area contributed by atoms with E-state index in [-0.39, 0.29) is 5.57 Å². The van der Waals surface area contributed by atoms with Gasteiger partial charge in [-0.3, -0.25) is 14.9 Å². The van der Waals surface area contributed by atoms with Gasteiger partial charge in [-0.05, 0) is 53.8 Å². The van der Waals surface area contributed by atoms with Crippen LogP contribution in [-0.2, 0) is 16.0 Å². The number of halogens is 1. The van der Waals surface area contributed by atoms with Gasteiger partial charge in [0.2, 0.25) is 0 Å². The maximum absolute atomic E-state index is 13.2. The van der Waals surface area contributed by atoms with Gasteiger partial charge in [0.05, 0.1) is 5.69 Å². The molecule has 0 atom stereocenters. The van der Waals surface area contributed by atoms with E-state index in [2.05, 4.69) is 21.2 Å². The first-order valence-corrected chi connectivity index (χ1v) is 10.5. The summed E-state index contributed by atoms with van der Waals surface area (Å²) in [7, 11) is 0. The van der Waals surface area contributed by atoms with Gasteiger partial charge in [0, 0.05) is 4.47 Å². The summed E-state index contributed by atoms with van der Waals surface area (Å²) < 4.78 is 0.986. The van der Waals surface area contributed by atoms with Gasteiger partial charge in [0.15, 0.2) is 0 Å². The predicted molar refractivity (Wildman–Crippen MR) is 124 cm³/mol. The fraction of sp³-hybridized carbons (Fsp3) is 0.0800. The van der Waals surface area contributed by atoms with E-state index < -0.39 is 17.8 Å². The van der Waals surface area contributed by atoms with Gasteiger partial charge in [-0.25, -0.2) is 9.69 Å². The second-order valence-corrected chi connectivity index (χ2v) is 8.07. The summed E-state index contributed by atoms with van der Waals surface area (Å²) in [5.74, 6) is -1.34. The van der Waals surface area contributed by atoms with Crippen molar-refractivity contribution in [1.29, 1.82) is 0 Å². The van der Waals surface area contributed by atoms with Crippen LogP contribution in [0.15, 0.2) is 82.8 Å². The number of aryl methyl sites for hydroxylation is 1. The Kier molecular flexibility index (Phi) is 5.82. The minimum absolute atomic E-state index is 0.0811. The second-order valence-electron chi connectivity index (χ2n) is 7.21. The van der Waals surface area contributed by atoms with Crippen LogP contribution in [0, 0.1) is 6.92 Å². The van der Waals surface area contributed by atoms with Crippen LogP contribution in [0.5, 0.6) is 0 Å². The average Bonchev–Trinajstić information content (AvgIpc) is 2.75. The number of carbonyl (C=O) groups excluding carboxylic acids is 3. The number of anilines is 1. The molecular weight excluding hydrogens is 456 g/mol. The Morgan fingerprint density at radius 3 is 2.26 bits per heavy atom. The van der Waals surface area contributed by atoms with Crippen LogP contribution in [0.25, 0.3) is 6.08 Å². The van der Waals surface area contributed by atoms with Crippen molar-refractivity contribution in [2.75, 3.05) is 4.90 Å². The minimum atomic E-state index is -0.747. The molecule has 0 saturated carbocycles. The third kappa shape index (κ3) is 4.20. The second kappa shape index (κ2) is 8.70. The van der Waals surface area contributed by atoms with Crippen LogP contribution < -0.4 is 10.2 Å². The smallest absolute Gasteiger partial charge is 0.273 e. The van der Waals surface area contributed by atoms with Crippen molar-refractivity contribution in [3.63, 3.8) is 0 Å². The SMILES string of the molecule is Cc1ccccc1N1C(=O)NC(=O)/C(=C\c2ccccc2Cc2ccccc2Br)C1=O. The number of hydrogen-bond donors (Lipinski definition) is 1. The molecule has 3 aromatic carbocycles. The number of para-hydroxylation sites is 1. The van der Waals surface area contributed by atoms with Crippen molar-refractivity contribution < 1.29 is 14.4 Å². The number of nitrogens with zero attached hydrogens (tertiary/aromatic N) is 1. The molecule has 3 aromatic rings. The van der Waals surface area contributed by atoms with Crippen LogP contribution in [0.1, 0.15) is 22.3 Å². The lowest BCUT2D eigenvalue weighted by Crippen LogP contribution is -2.54. The molecule has 0 spiro atoms. The van der Waals surface area contributed by atoms with Crippen LogP contribution in [0.2, 0.25) is 0 Å². The Balaban J connectivity index is 1.74. The lowest BCUT2D eigenvalue weighted by atomic mass is 9.97. The van der Waals surface area contributed by atoms with Gasteiger partial charge < -0.3 is 0 Å². The van der Waals surface area contributed by atoms with Gasteiger partial charge in [-0.15, -0.1) is 0 Å². The molecule has 1 fully saturated rings. The average molecular weight is 475 g/mol. The topological polar surface area (TPSA) is 66.5 Å². The Bertz CT molecular complexity index is 1230. The molecule has 1 saturated heterocycles. The summed E-state index contributed by atoms with van der Waals surface area (Å²) in [6.45, 7) is 1.81. The number of imide groups is 2. The molecule has 0 radical (unpaired) electrons. The van der Waals surface area contributed by atoms with Crippen molar-refractivity contribution in [3.8, 4) is 0 Å². The molecule has 0 aliphatic carbocycles. The van der Waals surface area contributed by atoms with Gasteiger partial charge in [0.1, 0.15) is 5.57 Å². The van der Waals surface area contributed by atoms with Crippen molar-refractivity contribution in [1.82, 2.24) is 5.32 Å². The number of hydrogen-bond acceptors (Lipinski definition) is 3. The first-order chi connectivity index (χ1) is 15.0. The zero-order chi connectivity index (χ0) is 22.0. The van der Waals surface area contributed by atoms with E-state index in [4.69, 9.17) is 0 Å². The van der Waals surface area contributed by atoms with Crippen molar-refractivity contribution >= 4 is 45.5 Å². The van der Waals surface area contributed by atoms with Crippen LogP contribution in [-0.4, -0.2) is 17.8 Å². The number of urea groups is 1. The van der Waals surface area contributed by atoms with E-state index in [0.717, 1.165) is 31.6 Å². The first-order valence-electron chi connectivity index (χ1n) is 9.74. The lowest BCUT2D eigenvalue weighted by Gasteiger charge is -2.27. The number of amides is 4. The molecule has 0 aromatic heterocycles. The van der Waals surface area contributed by atoms with Crippen LogP contribution in [0.4, 0.5) is 10.5 Å². The molecule has 4 rings (SSSR count). The van der Waals surface area contributed by atoms with Gasteiger partial charge in [-0.2, -0.15) is 0 Å². The van der Waals surface area contributed by atoms with E-state index in [9.17, 15) is 14.4 Å². The Hall–Kier alpha value is -3.51. The van der Waals surface area contributed by atoms with Gasteiger partial charge >= 0.3 is 6.03 Å². The van der Waals surface area contributed by atoms with Gasteiger partial charge in [-0.1, -0.05) is 76.6 Å². The summed E-state index contributed by atoms with van der Waals surface area (Å²) in [5, 5.41) is 2.29. The summed E-state index contributed by atoms with van der Waals surface area (Å²) in [5.41, 5.74) is 3.92. The monoisotopic (exact) mass is 474 g/mol. The molecule has 4 amide bonds. The maximum atomic E-state index is 13.2. The Labute approximate surface area is 188 Å². The van der Waals surface area contributed by atoms with Crippen LogP contribution >= 0.6 is 15.9 Å². The molecule has 1 aliphatic heterocycles. The van der Waals surface area contributed by atoms with E-state index in [1.807, 2.05) is 67.6 Å². The molecule has 6 heteroatoms. The minimum Gasteiger partial charge on any atom is -0.273 e. The highest BCUT2D eigenvalue weighted by Crippen LogP contribution is 2.27. The number of rotatable bonds is 4. The molecule has 154 valence electrons. The molecule has 0 bridgehead atoms. The summed E-state index contributed by atoms with van der Waals surface area (Å²) in [6.07, 6.45) is 2.18. The molecule has 1 N–H and O–H groups in total. The molecule has 1 heterocycles. The molecule has 31 heavy (non-hydrogen) atoms. The number of benzene rings is 3. The summed E-state index contributed by atoms with van der Waals surface area (Å²) in [4.78, 5) is 39.2. The normalized spacial score (nSPS) is 15.4. The lowest BCUT2D eigenvalue weighted by molar-refractivity contribution is -0.122. The largest absolute Gasteiger partial charge is 0.335 e. The van der Waals surface area contributed by atoms with Crippen molar-refractivity contribution in [3.05, 3.63) is 105 Å². The third-order valence-corrected chi connectivity index (χ3v) is 5.93. The van der Waals surface area contributed by atoms with Crippen molar-refractivity contribution in [2.45, 2.75) is 13.3 Å². The molecule has 0 unspecified atom stereocenters. The highest BCUT2D eigenvalue weighted by atomic mass is 79.9. The van der Waals surface area contributed by atoms with Crippen molar-refractivity contribution in [2.24, 2.45) is 0 Å². The summed E-state index contributed by atoms with van der Waals surface area (Å²) in [6, 6.07) is 21.8. The Morgan fingerprint density at radius 2 is 1.52 bits per heavy atom. The summed E-state index contributed by atoms with van der Waals surface area (Å²) >= 11 is 3.57. The Morgan fingerprint density at radius 1 is 0.871 bits per heavy atom. The first kappa shape index (κ1) is 20.8. The molecular formula is C25H19BrN2O3. The highest BCUT2D eigenvalue weighted by Gasteiger charge is 2.37. The maximum Gasteiger partial charge on any atom is 0.335 e. The third-order valence-electron chi connectivity index (χ3n) is 5.15. The van der Waals surface area contributed by atoms with Gasteiger partial charge in [0.25, 0.3) is 11.8 Å². The van der Waals surface area contributed by atoms with E-state index in [0.29, 0.717) is 12.1 Å². The zero-order valence-electron chi connectivity index (χ0n) is 16.8. The number of barbiturate groups is 1. The van der Waals surface area contributed by atoms with E-state index in [1.54, 1.807) is 18.2 Å². The quantitative estimate of drug-likeness (QED) is 0.426. The number of carbonyl (C=O) groups is 3. The van der Waals surface area contributed by atoms with Crippen LogP contribution in [0.3, 0.4) is 0 Å². The predicted octanol–water partition coefficient (Wildman–Crippen LogP) is 5.01. The molecule has 5 nitrogen and oxygen atoms in total. The fourth-order valence-corrected chi connectivity index (χ4v) is 3.95. The molecule has 1 aliphatic rings. The fourth-order valence-electron chi connectivity index (χ4n) is 3.53. The standard InChI is InChI=1S/C25H19BrN2O3/c1-16-8-2-7-13-22(16)28-24(30)20(23(29)27-25(28)31)15-18-10-4-3-9-17(18)14-19-11-5-6-12-21(19)26/h2-13,15H,14H2,1H3,(H,27,29,31)/b20-15+. The van der Waals surface area contributed by atoms with E-state index >= 15 is 0 Å².